The standard InChI is InChI=1S/C17H17N3OS/c1-11-17(12(2)20-19-11)18-16(21)10-22-15-8-7-13-5-3-4-6-14(13)9-15/h3-9H,10H2,1-2H3,(H,18,21)(H,19,20). The van der Waals surface area contributed by atoms with Crippen molar-refractivity contribution >= 4 is 34.1 Å². The molecular formula is C17H17N3OS. The lowest BCUT2D eigenvalue weighted by Gasteiger charge is -2.06. The van der Waals surface area contributed by atoms with Gasteiger partial charge >= 0.3 is 0 Å². The van der Waals surface area contributed by atoms with E-state index in [-0.39, 0.29) is 5.91 Å². The molecule has 1 amide bonds. The average molecular weight is 311 g/mol. The predicted octanol–water partition coefficient (Wildman–Crippen LogP) is 3.91. The van der Waals surface area contributed by atoms with Crippen LogP contribution in [-0.4, -0.2) is 21.9 Å². The summed E-state index contributed by atoms with van der Waals surface area (Å²) in [5.74, 6) is 0.355. The lowest BCUT2D eigenvalue weighted by Crippen LogP contribution is -2.14. The Hall–Kier alpha value is -2.27. The van der Waals surface area contributed by atoms with Gasteiger partial charge in [-0.25, -0.2) is 0 Å². The SMILES string of the molecule is Cc1n[nH]c(C)c1NC(=O)CSc1ccc2ccccc2c1. The molecule has 0 fully saturated rings. The smallest absolute Gasteiger partial charge is 0.234 e. The molecule has 0 aliphatic carbocycles. The Bertz CT molecular complexity index is 806. The molecule has 5 heteroatoms. The van der Waals surface area contributed by atoms with Crippen LogP contribution in [0, 0.1) is 13.8 Å². The van der Waals surface area contributed by atoms with Crippen molar-refractivity contribution < 1.29 is 4.79 Å². The van der Waals surface area contributed by atoms with Gasteiger partial charge in [-0.1, -0.05) is 30.3 Å². The van der Waals surface area contributed by atoms with Crippen LogP contribution >= 0.6 is 11.8 Å². The summed E-state index contributed by atoms with van der Waals surface area (Å²) in [6.07, 6.45) is 0. The zero-order chi connectivity index (χ0) is 15.5. The number of hydrogen-bond donors (Lipinski definition) is 2. The third-order valence-corrected chi connectivity index (χ3v) is 4.48. The van der Waals surface area contributed by atoms with Gasteiger partial charge in [0.2, 0.25) is 5.91 Å². The van der Waals surface area contributed by atoms with Gasteiger partial charge in [0.25, 0.3) is 0 Å². The number of amides is 1. The maximum atomic E-state index is 12.1. The minimum atomic E-state index is -0.0224. The molecule has 0 aliphatic heterocycles. The molecular weight excluding hydrogens is 294 g/mol. The molecule has 0 saturated carbocycles. The maximum Gasteiger partial charge on any atom is 0.234 e. The quantitative estimate of drug-likeness (QED) is 0.718. The third kappa shape index (κ3) is 3.14. The van der Waals surface area contributed by atoms with Gasteiger partial charge in [0.05, 0.1) is 22.8 Å². The predicted molar refractivity (Wildman–Crippen MR) is 91.4 cm³/mol. The second kappa shape index (κ2) is 6.23. The van der Waals surface area contributed by atoms with Crippen molar-refractivity contribution in [3.8, 4) is 0 Å². The normalized spacial score (nSPS) is 10.8. The lowest BCUT2D eigenvalue weighted by molar-refractivity contribution is -0.113. The summed E-state index contributed by atoms with van der Waals surface area (Å²) in [7, 11) is 0. The number of benzene rings is 2. The zero-order valence-corrected chi connectivity index (χ0v) is 13.3. The molecule has 0 unspecified atom stereocenters. The van der Waals surface area contributed by atoms with Crippen molar-refractivity contribution in [1.29, 1.82) is 0 Å². The van der Waals surface area contributed by atoms with E-state index in [4.69, 9.17) is 0 Å². The van der Waals surface area contributed by atoms with Crippen molar-refractivity contribution in [2.45, 2.75) is 18.7 Å². The van der Waals surface area contributed by atoms with E-state index in [1.54, 1.807) is 0 Å². The highest BCUT2D eigenvalue weighted by Crippen LogP contribution is 2.24. The minimum Gasteiger partial charge on any atom is -0.322 e. The Morgan fingerprint density at radius 2 is 1.95 bits per heavy atom. The molecule has 0 aliphatic rings. The van der Waals surface area contributed by atoms with E-state index in [1.165, 1.54) is 22.5 Å². The number of thioether (sulfide) groups is 1. The van der Waals surface area contributed by atoms with Gasteiger partial charge in [-0.2, -0.15) is 5.10 Å². The molecule has 2 N–H and O–H groups in total. The second-order valence-corrected chi connectivity index (χ2v) is 6.20. The van der Waals surface area contributed by atoms with Crippen molar-refractivity contribution in [3.63, 3.8) is 0 Å². The Balaban J connectivity index is 1.65. The average Bonchev–Trinajstić information content (AvgIpc) is 2.84. The van der Waals surface area contributed by atoms with E-state index in [0.29, 0.717) is 5.75 Å². The van der Waals surface area contributed by atoms with Crippen molar-refractivity contribution in [2.75, 3.05) is 11.1 Å². The van der Waals surface area contributed by atoms with Crippen LogP contribution in [-0.2, 0) is 4.79 Å². The van der Waals surface area contributed by atoms with E-state index in [9.17, 15) is 4.79 Å². The van der Waals surface area contributed by atoms with Gasteiger partial charge in [0.15, 0.2) is 0 Å². The maximum absolute atomic E-state index is 12.1. The number of aromatic nitrogens is 2. The van der Waals surface area contributed by atoms with Gasteiger partial charge in [0, 0.05) is 4.90 Å². The third-order valence-electron chi connectivity index (χ3n) is 3.48. The van der Waals surface area contributed by atoms with Crippen LogP contribution < -0.4 is 5.32 Å². The van der Waals surface area contributed by atoms with Gasteiger partial charge in [-0.15, -0.1) is 11.8 Å². The highest BCUT2D eigenvalue weighted by Gasteiger charge is 2.10. The highest BCUT2D eigenvalue weighted by atomic mass is 32.2. The van der Waals surface area contributed by atoms with Gasteiger partial charge in [-0.3, -0.25) is 9.89 Å². The number of nitrogens with zero attached hydrogens (tertiary/aromatic N) is 1. The first-order valence-electron chi connectivity index (χ1n) is 7.06. The van der Waals surface area contributed by atoms with E-state index >= 15 is 0 Å². The molecule has 0 spiro atoms. The summed E-state index contributed by atoms with van der Waals surface area (Å²) in [6, 6.07) is 14.5. The summed E-state index contributed by atoms with van der Waals surface area (Å²) in [6.45, 7) is 3.77. The van der Waals surface area contributed by atoms with E-state index in [2.05, 4.69) is 45.8 Å². The first-order valence-corrected chi connectivity index (χ1v) is 8.05. The number of aryl methyl sites for hydroxylation is 2. The van der Waals surface area contributed by atoms with Crippen LogP contribution in [0.25, 0.3) is 10.8 Å². The van der Waals surface area contributed by atoms with E-state index < -0.39 is 0 Å². The van der Waals surface area contributed by atoms with Gasteiger partial charge in [0.1, 0.15) is 0 Å². The van der Waals surface area contributed by atoms with Crippen LogP contribution in [0.1, 0.15) is 11.4 Å². The van der Waals surface area contributed by atoms with Crippen LogP contribution in [0.4, 0.5) is 5.69 Å². The highest BCUT2D eigenvalue weighted by molar-refractivity contribution is 8.00. The zero-order valence-electron chi connectivity index (χ0n) is 12.5. The topological polar surface area (TPSA) is 57.8 Å². The number of carbonyl (C=O) groups is 1. The summed E-state index contributed by atoms with van der Waals surface area (Å²) >= 11 is 1.53. The van der Waals surface area contributed by atoms with Crippen LogP contribution in [0.2, 0.25) is 0 Å². The van der Waals surface area contributed by atoms with E-state index in [0.717, 1.165) is 22.0 Å². The number of rotatable bonds is 4. The molecule has 22 heavy (non-hydrogen) atoms. The van der Waals surface area contributed by atoms with Crippen LogP contribution in [0.15, 0.2) is 47.4 Å². The summed E-state index contributed by atoms with van der Waals surface area (Å²) in [5.41, 5.74) is 2.47. The first kappa shape index (κ1) is 14.7. The van der Waals surface area contributed by atoms with E-state index in [1.807, 2.05) is 26.0 Å². The van der Waals surface area contributed by atoms with Crippen molar-refractivity contribution in [1.82, 2.24) is 10.2 Å². The lowest BCUT2D eigenvalue weighted by atomic mass is 10.1. The summed E-state index contributed by atoms with van der Waals surface area (Å²) < 4.78 is 0. The van der Waals surface area contributed by atoms with Crippen molar-refractivity contribution in [2.24, 2.45) is 0 Å². The fourth-order valence-corrected chi connectivity index (χ4v) is 3.06. The second-order valence-electron chi connectivity index (χ2n) is 5.15. The summed E-state index contributed by atoms with van der Waals surface area (Å²) in [4.78, 5) is 13.2. The monoisotopic (exact) mass is 311 g/mol. The number of carbonyl (C=O) groups excluding carboxylic acids is 1. The fraction of sp³-hybridized carbons (Fsp3) is 0.176. The van der Waals surface area contributed by atoms with Crippen LogP contribution in [0.3, 0.4) is 0 Å². The molecule has 0 saturated heterocycles. The number of hydrogen-bond acceptors (Lipinski definition) is 3. The Morgan fingerprint density at radius 3 is 2.68 bits per heavy atom. The number of H-pyrrole nitrogens is 1. The fourth-order valence-electron chi connectivity index (χ4n) is 2.32. The molecule has 1 heterocycles. The number of aromatic amines is 1. The Labute approximate surface area is 133 Å². The number of anilines is 1. The largest absolute Gasteiger partial charge is 0.322 e. The molecule has 0 radical (unpaired) electrons. The van der Waals surface area contributed by atoms with Gasteiger partial charge in [-0.05, 0) is 36.8 Å². The number of nitrogens with one attached hydrogen (secondary N) is 2. The molecule has 3 aromatic rings. The molecule has 4 nitrogen and oxygen atoms in total. The van der Waals surface area contributed by atoms with Gasteiger partial charge < -0.3 is 5.32 Å². The Kier molecular flexibility index (Phi) is 4.15. The molecule has 0 bridgehead atoms. The molecule has 1 aromatic heterocycles. The molecule has 3 rings (SSSR count). The molecule has 112 valence electrons. The molecule has 0 atom stereocenters. The first-order chi connectivity index (χ1) is 10.6. The van der Waals surface area contributed by atoms with Crippen LogP contribution in [0.5, 0.6) is 0 Å². The molecule has 2 aromatic carbocycles. The van der Waals surface area contributed by atoms with Crippen molar-refractivity contribution in [3.05, 3.63) is 53.9 Å². The summed E-state index contributed by atoms with van der Waals surface area (Å²) in [5, 5.41) is 12.3. The Morgan fingerprint density at radius 1 is 1.18 bits per heavy atom. The number of fused-ring (bicyclic) bond motifs is 1. The minimum absolute atomic E-state index is 0.0224.